The summed E-state index contributed by atoms with van der Waals surface area (Å²) in [6, 6.07) is 0.598. The molecule has 7 nitrogen and oxygen atoms in total. The average molecular weight is 268 g/mol. The van der Waals surface area contributed by atoms with Crippen LogP contribution in [-0.4, -0.2) is 47.9 Å². The van der Waals surface area contributed by atoms with Gasteiger partial charge in [0.1, 0.15) is 6.10 Å². The van der Waals surface area contributed by atoms with Crippen LogP contribution in [0.2, 0.25) is 0 Å². The largest absolute Gasteiger partial charge is 0.463 e. The molecule has 0 spiro atoms. The molecule has 106 valence electrons. The molecular formula is C12H20N4O3. The van der Waals surface area contributed by atoms with E-state index >= 15 is 0 Å². The van der Waals surface area contributed by atoms with Crippen LogP contribution in [0.25, 0.3) is 0 Å². The lowest BCUT2D eigenvalue weighted by atomic mass is 10.2. The molecule has 1 N–H and O–H groups in total. The van der Waals surface area contributed by atoms with E-state index in [-0.39, 0.29) is 6.10 Å². The summed E-state index contributed by atoms with van der Waals surface area (Å²) >= 11 is 0. The maximum Gasteiger partial charge on any atom is 0.324 e. The molecule has 0 bridgehead atoms. The van der Waals surface area contributed by atoms with Gasteiger partial charge in [0.05, 0.1) is 19.8 Å². The van der Waals surface area contributed by atoms with Gasteiger partial charge in [0.2, 0.25) is 5.95 Å². The van der Waals surface area contributed by atoms with Crippen molar-refractivity contribution in [3.63, 3.8) is 0 Å². The summed E-state index contributed by atoms with van der Waals surface area (Å²) in [5.41, 5.74) is 0. The predicted octanol–water partition coefficient (Wildman–Crippen LogP) is 1.26. The number of nitrogens with one attached hydrogen (secondary N) is 1. The summed E-state index contributed by atoms with van der Waals surface area (Å²) < 4.78 is 16.5. The maximum absolute atomic E-state index is 5.76. The van der Waals surface area contributed by atoms with Gasteiger partial charge in [-0.3, -0.25) is 0 Å². The first kappa shape index (κ1) is 13.8. The Bertz CT molecular complexity index is 397. The van der Waals surface area contributed by atoms with Crippen LogP contribution in [0.4, 0.5) is 5.95 Å². The molecular weight excluding hydrogens is 248 g/mol. The van der Waals surface area contributed by atoms with Crippen LogP contribution < -0.4 is 14.8 Å². The van der Waals surface area contributed by atoms with E-state index in [1.807, 2.05) is 6.92 Å². The smallest absolute Gasteiger partial charge is 0.324 e. The van der Waals surface area contributed by atoms with Crippen LogP contribution in [0, 0.1) is 0 Å². The van der Waals surface area contributed by atoms with E-state index in [1.165, 1.54) is 0 Å². The van der Waals surface area contributed by atoms with Gasteiger partial charge in [-0.1, -0.05) is 6.92 Å². The lowest BCUT2D eigenvalue weighted by Crippen LogP contribution is -2.26. The average Bonchev–Trinajstić information content (AvgIpc) is 2.46. The molecule has 1 aliphatic rings. The fraction of sp³-hybridized carbons (Fsp3) is 0.750. The number of hydrogen-bond donors (Lipinski definition) is 1. The van der Waals surface area contributed by atoms with Crippen molar-refractivity contribution in [3.8, 4) is 12.0 Å². The number of ether oxygens (including phenoxy) is 3. The topological polar surface area (TPSA) is 78.4 Å². The molecule has 2 rings (SSSR count). The maximum atomic E-state index is 5.76. The van der Waals surface area contributed by atoms with Crippen molar-refractivity contribution in [2.75, 3.05) is 32.2 Å². The molecule has 0 atom stereocenters. The van der Waals surface area contributed by atoms with Crippen LogP contribution in [0.1, 0.15) is 26.2 Å². The Morgan fingerprint density at radius 2 is 1.95 bits per heavy atom. The molecule has 0 aromatic carbocycles. The molecule has 1 fully saturated rings. The van der Waals surface area contributed by atoms with Crippen LogP contribution in [0.15, 0.2) is 0 Å². The summed E-state index contributed by atoms with van der Waals surface area (Å²) in [6.07, 6.45) is 2.70. The van der Waals surface area contributed by atoms with E-state index in [2.05, 4.69) is 20.3 Å². The molecule has 0 unspecified atom stereocenters. The van der Waals surface area contributed by atoms with Gasteiger partial charge in [-0.15, -0.1) is 4.98 Å². The fourth-order valence-corrected chi connectivity index (χ4v) is 1.70. The van der Waals surface area contributed by atoms with Crippen LogP contribution in [0.5, 0.6) is 12.0 Å². The third-order valence-electron chi connectivity index (χ3n) is 2.69. The number of hydrogen-bond acceptors (Lipinski definition) is 7. The Labute approximate surface area is 112 Å². The summed E-state index contributed by atoms with van der Waals surface area (Å²) in [7, 11) is 1.75. The minimum absolute atomic E-state index is 0.0971. The zero-order valence-corrected chi connectivity index (χ0v) is 11.4. The van der Waals surface area contributed by atoms with Gasteiger partial charge in [-0.25, -0.2) is 0 Å². The van der Waals surface area contributed by atoms with E-state index in [9.17, 15) is 0 Å². The van der Waals surface area contributed by atoms with Gasteiger partial charge in [-0.2, -0.15) is 9.97 Å². The van der Waals surface area contributed by atoms with Crippen LogP contribution >= 0.6 is 0 Å². The van der Waals surface area contributed by atoms with Gasteiger partial charge < -0.3 is 19.5 Å². The molecule has 0 amide bonds. The van der Waals surface area contributed by atoms with Crippen molar-refractivity contribution >= 4 is 5.95 Å². The molecule has 0 radical (unpaired) electrons. The number of aromatic nitrogens is 3. The normalized spacial score (nSPS) is 16.1. The second-order valence-electron chi connectivity index (χ2n) is 4.25. The molecule has 2 heterocycles. The number of nitrogens with zero attached hydrogens (tertiary/aromatic N) is 3. The van der Waals surface area contributed by atoms with Crippen LogP contribution in [0.3, 0.4) is 0 Å². The lowest BCUT2D eigenvalue weighted by Gasteiger charge is -2.22. The molecule has 1 aromatic heterocycles. The molecule has 1 aromatic rings. The summed E-state index contributed by atoms with van der Waals surface area (Å²) in [4.78, 5) is 12.5. The van der Waals surface area contributed by atoms with Crippen molar-refractivity contribution in [1.82, 2.24) is 15.0 Å². The Morgan fingerprint density at radius 1 is 1.21 bits per heavy atom. The Hall–Kier alpha value is -1.63. The highest BCUT2D eigenvalue weighted by Gasteiger charge is 2.18. The molecule has 19 heavy (non-hydrogen) atoms. The summed E-state index contributed by atoms with van der Waals surface area (Å²) in [5, 5.41) is 2.87. The Kier molecular flexibility index (Phi) is 5.14. The van der Waals surface area contributed by atoms with E-state index < -0.39 is 0 Å². The quantitative estimate of drug-likeness (QED) is 0.832. The van der Waals surface area contributed by atoms with Crippen molar-refractivity contribution in [2.45, 2.75) is 32.3 Å². The molecule has 7 heteroatoms. The van der Waals surface area contributed by atoms with E-state index in [4.69, 9.17) is 14.2 Å². The Balaban J connectivity index is 2.04. The first-order chi connectivity index (χ1) is 9.31. The Morgan fingerprint density at radius 3 is 2.63 bits per heavy atom. The highest BCUT2D eigenvalue weighted by atomic mass is 16.5. The van der Waals surface area contributed by atoms with Gasteiger partial charge in [-0.05, 0) is 6.42 Å². The van der Waals surface area contributed by atoms with Crippen molar-refractivity contribution in [2.24, 2.45) is 0 Å². The van der Waals surface area contributed by atoms with Crippen molar-refractivity contribution in [3.05, 3.63) is 0 Å². The molecule has 0 aliphatic carbocycles. The zero-order valence-electron chi connectivity index (χ0n) is 11.4. The highest BCUT2D eigenvalue weighted by molar-refractivity contribution is 5.26. The van der Waals surface area contributed by atoms with E-state index in [0.29, 0.717) is 37.8 Å². The number of rotatable bonds is 6. The third-order valence-corrected chi connectivity index (χ3v) is 2.69. The first-order valence-electron chi connectivity index (χ1n) is 6.63. The zero-order chi connectivity index (χ0) is 13.5. The summed E-state index contributed by atoms with van der Waals surface area (Å²) in [5.74, 6) is 0.447. The van der Waals surface area contributed by atoms with Gasteiger partial charge >= 0.3 is 12.0 Å². The van der Waals surface area contributed by atoms with Gasteiger partial charge in [0.25, 0.3) is 0 Å². The third kappa shape index (κ3) is 4.20. The van der Waals surface area contributed by atoms with Gasteiger partial charge in [0.15, 0.2) is 0 Å². The standard InChI is InChI=1S/C12H20N4O3/c1-3-6-18-11-14-10(13-2)15-12(16-11)19-9-4-7-17-8-5-9/h9H,3-8H2,1-2H3,(H,13,14,15,16). The molecule has 1 saturated heterocycles. The van der Waals surface area contributed by atoms with Crippen LogP contribution in [-0.2, 0) is 4.74 Å². The molecule has 0 saturated carbocycles. The fourth-order valence-electron chi connectivity index (χ4n) is 1.70. The predicted molar refractivity (Wildman–Crippen MR) is 69.6 cm³/mol. The SMILES string of the molecule is CCCOc1nc(NC)nc(OC2CCOCC2)n1. The molecule has 1 aliphatic heterocycles. The van der Waals surface area contributed by atoms with Gasteiger partial charge in [0, 0.05) is 19.9 Å². The highest BCUT2D eigenvalue weighted by Crippen LogP contribution is 2.17. The van der Waals surface area contributed by atoms with E-state index in [1.54, 1.807) is 7.05 Å². The second kappa shape index (κ2) is 7.08. The summed E-state index contributed by atoms with van der Waals surface area (Å²) in [6.45, 7) is 4.03. The minimum Gasteiger partial charge on any atom is -0.463 e. The second-order valence-corrected chi connectivity index (χ2v) is 4.25. The number of anilines is 1. The van der Waals surface area contributed by atoms with Crippen molar-refractivity contribution in [1.29, 1.82) is 0 Å². The lowest BCUT2D eigenvalue weighted by molar-refractivity contribution is 0.0213. The van der Waals surface area contributed by atoms with E-state index in [0.717, 1.165) is 19.3 Å². The van der Waals surface area contributed by atoms with Crippen molar-refractivity contribution < 1.29 is 14.2 Å². The minimum atomic E-state index is 0.0971. The monoisotopic (exact) mass is 268 g/mol. The first-order valence-corrected chi connectivity index (χ1v) is 6.63.